The van der Waals surface area contributed by atoms with Crippen molar-refractivity contribution in [2.75, 3.05) is 39.3 Å². The van der Waals surface area contributed by atoms with Crippen molar-refractivity contribution in [2.45, 2.75) is 26.3 Å². The number of ether oxygens (including phenoxy) is 1. The lowest BCUT2D eigenvalue weighted by Gasteiger charge is -2.39. The smallest absolute Gasteiger partial charge is 0.409 e. The van der Waals surface area contributed by atoms with E-state index in [2.05, 4.69) is 0 Å². The number of carbonyl (C=O) groups is 1. The Morgan fingerprint density at radius 1 is 1.29 bits per heavy atom. The second kappa shape index (κ2) is 6.99. The molecule has 0 radical (unpaired) electrons. The van der Waals surface area contributed by atoms with Crippen LogP contribution in [0.2, 0.25) is 0 Å². The average molecular weight is 374 g/mol. The van der Waals surface area contributed by atoms with Gasteiger partial charge in [0.2, 0.25) is 0 Å². The van der Waals surface area contributed by atoms with Gasteiger partial charge in [-0.15, -0.1) is 11.3 Å². The van der Waals surface area contributed by atoms with Gasteiger partial charge in [-0.3, -0.25) is 0 Å². The zero-order valence-corrected chi connectivity index (χ0v) is 15.6. The minimum atomic E-state index is -3.52. The van der Waals surface area contributed by atoms with Crippen molar-refractivity contribution < 1.29 is 17.9 Å². The number of piperazine rings is 1. The van der Waals surface area contributed by atoms with E-state index in [4.69, 9.17) is 4.74 Å². The van der Waals surface area contributed by atoms with E-state index < -0.39 is 10.2 Å². The summed E-state index contributed by atoms with van der Waals surface area (Å²) in [5.74, 6) is 0. The highest BCUT2D eigenvalue weighted by Crippen LogP contribution is 2.35. The fraction of sp³-hybridized carbons (Fsp3) is 0.667. The summed E-state index contributed by atoms with van der Waals surface area (Å²) in [5.41, 5.74) is 1.11. The van der Waals surface area contributed by atoms with E-state index in [0.717, 1.165) is 12.0 Å². The summed E-state index contributed by atoms with van der Waals surface area (Å²) in [6.07, 6.45) is 0.392. The highest BCUT2D eigenvalue weighted by molar-refractivity contribution is 7.86. The molecular weight excluding hydrogens is 350 g/mol. The maximum atomic E-state index is 13.0. The molecule has 2 aliphatic heterocycles. The standard InChI is InChI=1S/C15H23N3O4S2/c1-3-22-15(19)16-7-9-17(10-8-16)24(20,21)18-6-4-14-13(12(18)2)5-11-23-14/h5,11-12H,3-4,6-10H2,1-2H3/t12-/m1/s1. The summed E-state index contributed by atoms with van der Waals surface area (Å²) >= 11 is 1.69. The number of nitrogens with zero attached hydrogens (tertiary/aromatic N) is 3. The molecule has 1 aromatic heterocycles. The third kappa shape index (κ3) is 3.17. The van der Waals surface area contributed by atoms with Gasteiger partial charge in [-0.1, -0.05) is 0 Å². The van der Waals surface area contributed by atoms with Crippen molar-refractivity contribution in [1.82, 2.24) is 13.5 Å². The van der Waals surface area contributed by atoms with Crippen molar-refractivity contribution in [3.63, 3.8) is 0 Å². The number of fused-ring (bicyclic) bond motifs is 1. The molecule has 1 aromatic rings. The van der Waals surface area contributed by atoms with E-state index in [1.165, 1.54) is 9.18 Å². The molecule has 3 heterocycles. The monoisotopic (exact) mass is 373 g/mol. The number of hydrogen-bond donors (Lipinski definition) is 0. The number of amides is 1. The summed E-state index contributed by atoms with van der Waals surface area (Å²) in [6.45, 7) is 5.88. The van der Waals surface area contributed by atoms with Crippen molar-refractivity contribution in [3.8, 4) is 0 Å². The molecule has 0 bridgehead atoms. The second-order valence-electron chi connectivity index (χ2n) is 5.93. The molecule has 0 aliphatic carbocycles. The summed E-state index contributed by atoms with van der Waals surface area (Å²) in [5, 5.41) is 2.02. The summed E-state index contributed by atoms with van der Waals surface area (Å²) in [7, 11) is -3.52. The predicted octanol–water partition coefficient (Wildman–Crippen LogP) is 1.69. The molecule has 3 rings (SSSR count). The Kier molecular flexibility index (Phi) is 5.14. The van der Waals surface area contributed by atoms with Gasteiger partial charge in [0, 0.05) is 43.6 Å². The largest absolute Gasteiger partial charge is 0.450 e. The minimum Gasteiger partial charge on any atom is -0.450 e. The van der Waals surface area contributed by atoms with Crippen LogP contribution < -0.4 is 0 Å². The topological polar surface area (TPSA) is 70.2 Å². The first-order chi connectivity index (χ1) is 11.4. The number of hydrogen-bond acceptors (Lipinski definition) is 5. The highest BCUT2D eigenvalue weighted by atomic mass is 32.2. The molecule has 1 amide bonds. The number of carbonyl (C=O) groups excluding carboxylic acids is 1. The number of thiophene rings is 1. The fourth-order valence-corrected chi connectivity index (χ4v) is 5.99. The van der Waals surface area contributed by atoms with Gasteiger partial charge in [0.25, 0.3) is 10.2 Å². The summed E-state index contributed by atoms with van der Waals surface area (Å²) < 4.78 is 34.1. The first-order valence-corrected chi connectivity index (χ1v) is 10.5. The third-order valence-corrected chi connectivity index (χ3v) is 7.71. The van der Waals surface area contributed by atoms with Crippen LogP contribution in [-0.4, -0.2) is 67.4 Å². The van der Waals surface area contributed by atoms with Gasteiger partial charge < -0.3 is 9.64 Å². The van der Waals surface area contributed by atoms with Crippen LogP contribution >= 0.6 is 11.3 Å². The van der Waals surface area contributed by atoms with Crippen LogP contribution in [0.25, 0.3) is 0 Å². The molecule has 1 fully saturated rings. The molecule has 0 unspecified atom stereocenters. The lowest BCUT2D eigenvalue weighted by Crippen LogP contribution is -2.55. The molecule has 9 heteroatoms. The third-order valence-electron chi connectivity index (χ3n) is 4.61. The van der Waals surface area contributed by atoms with Crippen LogP contribution in [0.1, 0.15) is 30.3 Å². The molecule has 134 valence electrons. The maximum absolute atomic E-state index is 13.0. The molecule has 1 saturated heterocycles. The van der Waals surface area contributed by atoms with Crippen molar-refractivity contribution >= 4 is 27.6 Å². The highest BCUT2D eigenvalue weighted by Gasteiger charge is 2.38. The number of rotatable bonds is 3. The average Bonchev–Trinajstić information content (AvgIpc) is 3.05. The van der Waals surface area contributed by atoms with Crippen molar-refractivity contribution in [3.05, 3.63) is 21.9 Å². The quantitative estimate of drug-likeness (QED) is 0.808. The van der Waals surface area contributed by atoms with Crippen LogP contribution in [0, 0.1) is 0 Å². The molecule has 0 saturated carbocycles. The van der Waals surface area contributed by atoms with Crippen LogP contribution in [0.15, 0.2) is 11.4 Å². The van der Waals surface area contributed by atoms with Gasteiger partial charge >= 0.3 is 6.09 Å². The Hall–Kier alpha value is -1.16. The van der Waals surface area contributed by atoms with Crippen molar-refractivity contribution in [2.24, 2.45) is 0 Å². The van der Waals surface area contributed by atoms with Crippen LogP contribution in [0.3, 0.4) is 0 Å². The summed E-state index contributed by atoms with van der Waals surface area (Å²) in [6, 6.07) is 1.87. The predicted molar refractivity (Wildman–Crippen MR) is 92.2 cm³/mol. The Morgan fingerprint density at radius 3 is 2.67 bits per heavy atom. The van der Waals surface area contributed by atoms with E-state index in [9.17, 15) is 13.2 Å². The molecular formula is C15H23N3O4S2. The first kappa shape index (κ1) is 17.7. The Bertz CT molecular complexity index is 695. The van der Waals surface area contributed by atoms with Crippen LogP contribution in [0.5, 0.6) is 0 Å². The van der Waals surface area contributed by atoms with E-state index in [-0.39, 0.29) is 12.1 Å². The Balaban J connectivity index is 1.68. The fourth-order valence-electron chi connectivity index (χ4n) is 3.27. The molecule has 2 aliphatic rings. The molecule has 0 spiro atoms. The normalized spacial score (nSPS) is 23.1. The van der Waals surface area contributed by atoms with E-state index in [1.54, 1.807) is 27.5 Å². The van der Waals surface area contributed by atoms with Gasteiger partial charge in [-0.05, 0) is 37.3 Å². The van der Waals surface area contributed by atoms with E-state index in [0.29, 0.717) is 39.3 Å². The van der Waals surface area contributed by atoms with Crippen molar-refractivity contribution in [1.29, 1.82) is 0 Å². The zero-order chi connectivity index (χ0) is 17.3. The van der Waals surface area contributed by atoms with Gasteiger partial charge in [-0.25, -0.2) is 4.79 Å². The molecule has 0 aromatic carbocycles. The lowest BCUT2D eigenvalue weighted by molar-refractivity contribution is 0.0920. The minimum absolute atomic E-state index is 0.145. The Morgan fingerprint density at radius 2 is 2.00 bits per heavy atom. The van der Waals surface area contributed by atoms with Gasteiger partial charge in [0.05, 0.1) is 6.61 Å². The first-order valence-electron chi connectivity index (χ1n) is 8.20. The molecule has 7 nitrogen and oxygen atoms in total. The molecule has 24 heavy (non-hydrogen) atoms. The lowest BCUT2D eigenvalue weighted by atomic mass is 10.0. The molecule has 1 atom stereocenters. The zero-order valence-electron chi connectivity index (χ0n) is 14.0. The van der Waals surface area contributed by atoms with Crippen LogP contribution in [-0.2, 0) is 21.4 Å². The van der Waals surface area contributed by atoms with E-state index >= 15 is 0 Å². The van der Waals surface area contributed by atoms with Gasteiger partial charge in [0.15, 0.2) is 0 Å². The van der Waals surface area contributed by atoms with Gasteiger partial charge in [-0.2, -0.15) is 17.0 Å². The second-order valence-corrected chi connectivity index (χ2v) is 8.81. The maximum Gasteiger partial charge on any atom is 0.409 e. The molecule has 0 N–H and O–H groups in total. The van der Waals surface area contributed by atoms with E-state index in [1.807, 2.05) is 18.4 Å². The summed E-state index contributed by atoms with van der Waals surface area (Å²) in [4.78, 5) is 14.6. The SMILES string of the molecule is CCOC(=O)N1CCN(S(=O)(=O)N2CCc3sccc3[C@H]2C)CC1. The Labute approximate surface area is 147 Å². The van der Waals surface area contributed by atoms with Gasteiger partial charge in [0.1, 0.15) is 0 Å². The van der Waals surface area contributed by atoms with Crippen LogP contribution in [0.4, 0.5) is 4.79 Å².